The molecule has 1 heterocycles. The van der Waals surface area contributed by atoms with Crippen LogP contribution in [0.25, 0.3) is 0 Å². The molecule has 1 N–H and O–H groups in total. The van der Waals surface area contributed by atoms with E-state index in [9.17, 15) is 22.8 Å². The number of nitrogens with zero attached hydrogens (tertiary/aromatic N) is 1. The highest BCUT2D eigenvalue weighted by molar-refractivity contribution is 7.89. The molecule has 1 amide bonds. The summed E-state index contributed by atoms with van der Waals surface area (Å²) in [5, 5.41) is 2.77. The Kier molecular flexibility index (Phi) is 9.23. The third-order valence-electron chi connectivity index (χ3n) is 6.20. The van der Waals surface area contributed by atoms with E-state index >= 15 is 0 Å². The molecule has 2 aliphatic rings. The van der Waals surface area contributed by atoms with Gasteiger partial charge >= 0.3 is 11.9 Å². The number of piperidine rings is 1. The van der Waals surface area contributed by atoms with Crippen LogP contribution in [0.1, 0.15) is 55.3 Å². The lowest BCUT2D eigenvalue weighted by Gasteiger charge is -2.30. The van der Waals surface area contributed by atoms with Crippen LogP contribution in [0.4, 0.5) is 0 Å². The molecule has 1 aromatic rings. The van der Waals surface area contributed by atoms with Gasteiger partial charge in [0.15, 0.2) is 6.61 Å². The number of hydrogen-bond acceptors (Lipinski definition) is 7. The lowest BCUT2D eigenvalue weighted by atomic mass is 9.97. The van der Waals surface area contributed by atoms with Gasteiger partial charge in [-0.1, -0.05) is 23.8 Å². The minimum atomic E-state index is -3.93. The second-order valence-electron chi connectivity index (χ2n) is 8.48. The Morgan fingerprint density at radius 1 is 1.12 bits per heavy atom. The summed E-state index contributed by atoms with van der Waals surface area (Å²) in [7, 11) is -2.74. The number of amides is 1. The first-order valence-corrected chi connectivity index (χ1v) is 13.1. The predicted octanol–water partition coefficient (Wildman–Crippen LogP) is 2.42. The van der Waals surface area contributed by atoms with Gasteiger partial charge in [0.2, 0.25) is 10.0 Å². The number of carbonyl (C=O) groups is 3. The third-order valence-corrected chi connectivity index (χ3v) is 8.15. The maximum Gasteiger partial charge on any atom is 0.339 e. The minimum Gasteiger partial charge on any atom is -0.465 e. The number of rotatable bonds is 9. The summed E-state index contributed by atoms with van der Waals surface area (Å²) in [6, 6.07) is 5.88. The van der Waals surface area contributed by atoms with Gasteiger partial charge < -0.3 is 14.8 Å². The Bertz CT molecular complexity index is 1030. The van der Waals surface area contributed by atoms with Crippen molar-refractivity contribution in [3.63, 3.8) is 0 Å². The van der Waals surface area contributed by atoms with Crippen molar-refractivity contribution < 1.29 is 32.3 Å². The average Bonchev–Trinajstić information content (AvgIpc) is 2.87. The van der Waals surface area contributed by atoms with Gasteiger partial charge in [-0.2, -0.15) is 4.31 Å². The topological polar surface area (TPSA) is 119 Å². The molecule has 1 aliphatic carbocycles. The maximum absolute atomic E-state index is 13.1. The SMILES string of the molecule is COC(=O)c1ccccc1S(=O)(=O)N1CCC(C(=O)OCC(=O)NCCC2=CCCCC2)CC1. The number of carbonyl (C=O) groups excluding carboxylic acids is 3. The highest BCUT2D eigenvalue weighted by Gasteiger charge is 2.35. The molecule has 10 heteroatoms. The van der Waals surface area contributed by atoms with Gasteiger partial charge in [0.1, 0.15) is 0 Å². The first-order valence-electron chi connectivity index (χ1n) is 11.6. The third kappa shape index (κ3) is 6.66. The summed E-state index contributed by atoms with van der Waals surface area (Å²) >= 11 is 0. The summed E-state index contributed by atoms with van der Waals surface area (Å²) in [5.41, 5.74) is 1.33. The van der Waals surface area contributed by atoms with Crippen LogP contribution < -0.4 is 5.32 Å². The van der Waals surface area contributed by atoms with E-state index in [1.54, 1.807) is 12.1 Å². The van der Waals surface area contributed by atoms with Crippen molar-refractivity contribution in [2.45, 2.75) is 49.8 Å². The number of nitrogens with one attached hydrogen (secondary N) is 1. The Balaban J connectivity index is 1.45. The van der Waals surface area contributed by atoms with Crippen molar-refractivity contribution in [2.24, 2.45) is 5.92 Å². The zero-order valence-corrected chi connectivity index (χ0v) is 20.3. The van der Waals surface area contributed by atoms with Crippen LogP contribution in [0.2, 0.25) is 0 Å². The van der Waals surface area contributed by atoms with E-state index in [-0.39, 0.29) is 48.9 Å². The van der Waals surface area contributed by atoms with Gasteiger partial charge in [-0.25, -0.2) is 13.2 Å². The molecular weight excluding hydrogens is 460 g/mol. The van der Waals surface area contributed by atoms with Crippen LogP contribution in [0.5, 0.6) is 0 Å². The van der Waals surface area contributed by atoms with Crippen LogP contribution in [0, 0.1) is 5.92 Å². The van der Waals surface area contributed by atoms with Crippen LogP contribution in [-0.2, 0) is 29.1 Å². The van der Waals surface area contributed by atoms with Crippen LogP contribution in [-0.4, -0.2) is 63.9 Å². The second kappa shape index (κ2) is 12.1. The molecule has 0 saturated carbocycles. The zero-order chi connectivity index (χ0) is 24.6. The molecule has 0 bridgehead atoms. The van der Waals surface area contributed by atoms with Crippen molar-refractivity contribution in [2.75, 3.05) is 33.4 Å². The molecule has 1 aromatic carbocycles. The summed E-state index contributed by atoms with van der Waals surface area (Å²) in [6.07, 6.45) is 8.17. The van der Waals surface area contributed by atoms with Gasteiger partial charge in [-0.05, 0) is 57.1 Å². The Hall–Kier alpha value is -2.72. The fourth-order valence-corrected chi connectivity index (χ4v) is 5.89. The summed E-state index contributed by atoms with van der Waals surface area (Å²) in [6.45, 7) is 0.395. The predicted molar refractivity (Wildman–Crippen MR) is 124 cm³/mol. The van der Waals surface area contributed by atoms with E-state index in [0.29, 0.717) is 6.54 Å². The Morgan fingerprint density at radius 2 is 1.85 bits per heavy atom. The molecule has 1 fully saturated rings. The minimum absolute atomic E-state index is 0.0303. The number of ether oxygens (including phenoxy) is 2. The molecule has 0 radical (unpaired) electrons. The molecule has 0 unspecified atom stereocenters. The molecule has 1 saturated heterocycles. The lowest BCUT2D eigenvalue weighted by Crippen LogP contribution is -2.41. The number of benzene rings is 1. The summed E-state index contributed by atoms with van der Waals surface area (Å²) in [4.78, 5) is 36.2. The van der Waals surface area contributed by atoms with E-state index in [1.807, 2.05) is 0 Å². The van der Waals surface area contributed by atoms with Crippen LogP contribution in [0.3, 0.4) is 0 Å². The number of esters is 2. The van der Waals surface area contributed by atoms with E-state index < -0.39 is 27.9 Å². The van der Waals surface area contributed by atoms with E-state index in [0.717, 1.165) is 19.3 Å². The Labute approximate surface area is 200 Å². The number of allylic oxidation sites excluding steroid dienone is 1. The fraction of sp³-hybridized carbons (Fsp3) is 0.542. The molecule has 0 aromatic heterocycles. The van der Waals surface area contributed by atoms with Crippen molar-refractivity contribution >= 4 is 27.9 Å². The van der Waals surface area contributed by atoms with Crippen molar-refractivity contribution in [3.05, 3.63) is 41.5 Å². The number of sulfonamides is 1. The van der Waals surface area contributed by atoms with E-state index in [4.69, 9.17) is 9.47 Å². The molecule has 1 aliphatic heterocycles. The second-order valence-corrected chi connectivity index (χ2v) is 10.4. The summed E-state index contributed by atoms with van der Waals surface area (Å²) < 4.78 is 37.3. The number of hydrogen-bond donors (Lipinski definition) is 1. The molecule has 0 spiro atoms. The molecule has 34 heavy (non-hydrogen) atoms. The highest BCUT2D eigenvalue weighted by atomic mass is 32.2. The molecule has 186 valence electrons. The quantitative estimate of drug-likeness (QED) is 0.415. The van der Waals surface area contributed by atoms with Crippen molar-refractivity contribution in [3.8, 4) is 0 Å². The van der Waals surface area contributed by atoms with Crippen molar-refractivity contribution in [1.29, 1.82) is 0 Å². The Morgan fingerprint density at radius 3 is 2.53 bits per heavy atom. The number of methoxy groups -OCH3 is 1. The van der Waals surface area contributed by atoms with Gasteiger partial charge in [0.05, 0.1) is 23.5 Å². The van der Waals surface area contributed by atoms with Crippen LogP contribution in [0.15, 0.2) is 40.8 Å². The highest BCUT2D eigenvalue weighted by Crippen LogP contribution is 2.27. The molecule has 0 atom stereocenters. The zero-order valence-electron chi connectivity index (χ0n) is 19.5. The van der Waals surface area contributed by atoms with Gasteiger partial charge in [0, 0.05) is 19.6 Å². The maximum atomic E-state index is 13.1. The van der Waals surface area contributed by atoms with Crippen LogP contribution >= 0.6 is 0 Å². The molecule has 3 rings (SSSR count). The largest absolute Gasteiger partial charge is 0.465 e. The van der Waals surface area contributed by atoms with Crippen molar-refractivity contribution in [1.82, 2.24) is 9.62 Å². The van der Waals surface area contributed by atoms with Gasteiger partial charge in [0.25, 0.3) is 5.91 Å². The van der Waals surface area contributed by atoms with E-state index in [1.165, 1.54) is 42.0 Å². The van der Waals surface area contributed by atoms with Gasteiger partial charge in [-0.15, -0.1) is 0 Å². The first kappa shape index (κ1) is 25.9. The first-order chi connectivity index (χ1) is 16.3. The van der Waals surface area contributed by atoms with Gasteiger partial charge in [-0.3, -0.25) is 9.59 Å². The normalized spacial score (nSPS) is 17.5. The fourth-order valence-electron chi connectivity index (χ4n) is 4.24. The lowest BCUT2D eigenvalue weighted by molar-refractivity contribution is -0.153. The van der Waals surface area contributed by atoms with E-state index in [2.05, 4.69) is 11.4 Å². The monoisotopic (exact) mass is 492 g/mol. The average molecular weight is 493 g/mol. The molecular formula is C24H32N2O7S. The summed E-state index contributed by atoms with van der Waals surface area (Å²) in [5.74, 6) is -2.06. The standard InChI is InChI=1S/C24H32N2O7S/c1-32-24(29)20-9-5-6-10-21(20)34(30,31)26-15-12-19(13-16-26)23(28)33-17-22(27)25-14-11-18-7-3-2-4-8-18/h5-7,9-10,19H,2-4,8,11-17H2,1H3,(H,25,27). The smallest absolute Gasteiger partial charge is 0.339 e. The molecule has 9 nitrogen and oxygen atoms in total.